The highest BCUT2D eigenvalue weighted by molar-refractivity contribution is 5.92. The van der Waals surface area contributed by atoms with Crippen LogP contribution in [-0.4, -0.2) is 16.0 Å². The number of nitrogens with zero attached hydrogens (tertiary/aromatic N) is 1. The van der Waals surface area contributed by atoms with E-state index < -0.39 is 0 Å². The molecule has 0 aliphatic heterocycles. The molecular weight excluding hydrogens is 270 g/mol. The molecule has 0 saturated heterocycles. The van der Waals surface area contributed by atoms with Crippen LogP contribution in [0.5, 0.6) is 0 Å². The molecule has 2 N–H and O–H groups in total. The second-order valence-corrected chi connectivity index (χ2v) is 6.16. The zero-order chi connectivity index (χ0) is 14.8. The number of nitrogens with one attached hydrogen (secondary N) is 2. The summed E-state index contributed by atoms with van der Waals surface area (Å²) in [5.74, 6) is 0. The van der Waals surface area contributed by atoms with E-state index in [2.05, 4.69) is 51.7 Å². The van der Waals surface area contributed by atoms with Crippen molar-refractivity contribution in [1.29, 1.82) is 0 Å². The monoisotopic (exact) mass is 291 g/mol. The van der Waals surface area contributed by atoms with Gasteiger partial charge in [-0.3, -0.25) is 0 Å². The first-order valence-corrected chi connectivity index (χ1v) is 8.15. The molecule has 0 bridgehead atoms. The Morgan fingerprint density at radius 2 is 1.86 bits per heavy atom. The molecule has 112 valence electrons. The van der Waals surface area contributed by atoms with Crippen LogP contribution in [0.4, 0.5) is 0 Å². The maximum atomic E-state index is 4.35. The van der Waals surface area contributed by atoms with Crippen molar-refractivity contribution in [2.24, 2.45) is 0 Å². The van der Waals surface area contributed by atoms with Crippen LogP contribution >= 0.6 is 0 Å². The Labute approximate surface area is 130 Å². The first kappa shape index (κ1) is 13.5. The van der Waals surface area contributed by atoms with Crippen molar-refractivity contribution >= 4 is 11.0 Å². The quantitative estimate of drug-likeness (QED) is 0.754. The largest absolute Gasteiger partial charge is 0.346 e. The molecule has 3 nitrogen and oxygen atoms in total. The highest BCUT2D eigenvalue weighted by Gasteiger charge is 2.13. The van der Waals surface area contributed by atoms with Crippen LogP contribution in [0.25, 0.3) is 22.2 Å². The van der Waals surface area contributed by atoms with E-state index in [1.807, 2.05) is 12.4 Å². The van der Waals surface area contributed by atoms with Crippen LogP contribution in [0, 0.1) is 0 Å². The first-order valence-electron chi connectivity index (χ1n) is 8.15. The van der Waals surface area contributed by atoms with E-state index >= 15 is 0 Å². The topological polar surface area (TPSA) is 40.7 Å². The molecule has 1 saturated carbocycles. The number of pyridine rings is 1. The molecule has 3 aromatic rings. The van der Waals surface area contributed by atoms with Gasteiger partial charge in [-0.15, -0.1) is 0 Å². The van der Waals surface area contributed by atoms with Gasteiger partial charge < -0.3 is 10.3 Å². The molecular formula is C19H21N3. The first-order chi connectivity index (χ1) is 10.9. The Bertz CT molecular complexity index is 752. The molecule has 3 heteroatoms. The average molecular weight is 291 g/mol. The van der Waals surface area contributed by atoms with Gasteiger partial charge in [-0.05, 0) is 41.7 Å². The van der Waals surface area contributed by atoms with Crippen molar-refractivity contribution < 1.29 is 0 Å². The van der Waals surface area contributed by atoms with E-state index in [1.54, 1.807) is 0 Å². The predicted molar refractivity (Wildman–Crippen MR) is 90.6 cm³/mol. The van der Waals surface area contributed by atoms with Crippen LogP contribution < -0.4 is 5.32 Å². The molecule has 0 unspecified atom stereocenters. The summed E-state index contributed by atoms with van der Waals surface area (Å²) in [6, 6.07) is 13.8. The van der Waals surface area contributed by atoms with Crippen LogP contribution in [0.3, 0.4) is 0 Å². The third-order valence-corrected chi connectivity index (χ3v) is 4.68. The van der Waals surface area contributed by atoms with Gasteiger partial charge >= 0.3 is 0 Å². The lowest BCUT2D eigenvalue weighted by molar-refractivity contribution is 0.524. The van der Waals surface area contributed by atoms with Gasteiger partial charge in [0.05, 0.1) is 0 Å². The lowest BCUT2D eigenvalue weighted by Gasteiger charge is -2.12. The van der Waals surface area contributed by atoms with E-state index in [1.165, 1.54) is 47.8 Å². The van der Waals surface area contributed by atoms with Crippen molar-refractivity contribution in [3.8, 4) is 11.1 Å². The number of aromatic nitrogens is 2. The fraction of sp³-hybridized carbons (Fsp3) is 0.316. The molecule has 4 rings (SSSR count). The van der Waals surface area contributed by atoms with Gasteiger partial charge in [0, 0.05) is 30.4 Å². The standard InChI is InChI=1S/C19H21N3/c1-2-4-16(3-1)22-13-14-5-7-15(8-6-14)17-9-11-20-19-18(17)10-12-21-19/h5-12,16,22H,1-4,13H2,(H,20,21). The van der Waals surface area contributed by atoms with Gasteiger partial charge in [0.25, 0.3) is 0 Å². The molecule has 1 aliphatic carbocycles. The van der Waals surface area contributed by atoms with Crippen molar-refractivity contribution in [3.05, 3.63) is 54.4 Å². The minimum atomic E-state index is 0.722. The second kappa shape index (κ2) is 5.93. The minimum Gasteiger partial charge on any atom is -0.346 e. The molecule has 2 heterocycles. The normalized spacial score (nSPS) is 15.6. The van der Waals surface area contributed by atoms with Crippen LogP contribution in [0.15, 0.2) is 48.8 Å². The molecule has 0 radical (unpaired) electrons. The molecule has 22 heavy (non-hydrogen) atoms. The SMILES string of the molecule is c1cc(-c2ccc(CNC3CCCC3)cc2)c2cc[nH]c2n1. The zero-order valence-electron chi connectivity index (χ0n) is 12.7. The molecule has 1 fully saturated rings. The molecule has 0 spiro atoms. The van der Waals surface area contributed by atoms with Crippen LogP contribution in [-0.2, 0) is 6.54 Å². The van der Waals surface area contributed by atoms with Crippen LogP contribution in [0.2, 0.25) is 0 Å². The van der Waals surface area contributed by atoms with Gasteiger partial charge in [0.2, 0.25) is 0 Å². The Kier molecular flexibility index (Phi) is 3.65. The summed E-state index contributed by atoms with van der Waals surface area (Å²) >= 11 is 0. The molecule has 0 atom stereocenters. The molecule has 1 aromatic carbocycles. The summed E-state index contributed by atoms with van der Waals surface area (Å²) in [4.78, 5) is 7.52. The third-order valence-electron chi connectivity index (χ3n) is 4.68. The maximum absolute atomic E-state index is 4.35. The Morgan fingerprint density at radius 1 is 1.05 bits per heavy atom. The van der Waals surface area contributed by atoms with Crippen molar-refractivity contribution in [1.82, 2.24) is 15.3 Å². The number of H-pyrrole nitrogens is 1. The van der Waals surface area contributed by atoms with Gasteiger partial charge in [-0.1, -0.05) is 37.1 Å². The number of fused-ring (bicyclic) bond motifs is 1. The fourth-order valence-corrected chi connectivity index (χ4v) is 3.41. The van der Waals surface area contributed by atoms with Crippen molar-refractivity contribution in [2.45, 2.75) is 38.3 Å². The number of hydrogen-bond acceptors (Lipinski definition) is 2. The van der Waals surface area contributed by atoms with E-state index in [4.69, 9.17) is 0 Å². The highest BCUT2D eigenvalue weighted by Crippen LogP contribution is 2.27. The summed E-state index contributed by atoms with van der Waals surface area (Å²) in [5, 5.41) is 4.85. The van der Waals surface area contributed by atoms with Crippen molar-refractivity contribution in [3.63, 3.8) is 0 Å². The summed E-state index contributed by atoms with van der Waals surface area (Å²) < 4.78 is 0. The van der Waals surface area contributed by atoms with Gasteiger partial charge in [-0.25, -0.2) is 4.98 Å². The lowest BCUT2D eigenvalue weighted by Crippen LogP contribution is -2.25. The number of hydrogen-bond donors (Lipinski definition) is 2. The summed E-state index contributed by atoms with van der Waals surface area (Å²) in [6.07, 6.45) is 9.24. The second-order valence-electron chi connectivity index (χ2n) is 6.16. The summed E-state index contributed by atoms with van der Waals surface area (Å²) in [6.45, 7) is 0.973. The van der Waals surface area contributed by atoms with E-state index in [-0.39, 0.29) is 0 Å². The Hall–Kier alpha value is -2.13. The smallest absolute Gasteiger partial charge is 0.137 e. The molecule has 2 aromatic heterocycles. The highest BCUT2D eigenvalue weighted by atomic mass is 14.9. The van der Waals surface area contributed by atoms with Gasteiger partial charge in [0.15, 0.2) is 0 Å². The number of aromatic amines is 1. The van der Waals surface area contributed by atoms with Gasteiger partial charge in [-0.2, -0.15) is 0 Å². The van der Waals surface area contributed by atoms with Gasteiger partial charge in [0.1, 0.15) is 5.65 Å². The molecule has 0 amide bonds. The van der Waals surface area contributed by atoms with E-state index in [9.17, 15) is 0 Å². The zero-order valence-corrected chi connectivity index (χ0v) is 12.7. The molecule has 1 aliphatic rings. The number of benzene rings is 1. The number of rotatable bonds is 4. The maximum Gasteiger partial charge on any atom is 0.137 e. The summed E-state index contributed by atoms with van der Waals surface area (Å²) in [7, 11) is 0. The van der Waals surface area contributed by atoms with Crippen LogP contribution in [0.1, 0.15) is 31.2 Å². The summed E-state index contributed by atoms with van der Waals surface area (Å²) in [5.41, 5.74) is 4.79. The minimum absolute atomic E-state index is 0.722. The Balaban J connectivity index is 1.52. The fourth-order valence-electron chi connectivity index (χ4n) is 3.41. The Morgan fingerprint density at radius 3 is 2.68 bits per heavy atom. The van der Waals surface area contributed by atoms with Crippen molar-refractivity contribution in [2.75, 3.05) is 0 Å². The lowest BCUT2D eigenvalue weighted by atomic mass is 10.0. The average Bonchev–Trinajstić information content (AvgIpc) is 3.24. The third kappa shape index (κ3) is 2.64. The van der Waals surface area contributed by atoms with E-state index in [0.717, 1.165) is 18.2 Å². The van der Waals surface area contributed by atoms with E-state index in [0.29, 0.717) is 0 Å². The predicted octanol–water partition coefficient (Wildman–Crippen LogP) is 4.26.